The van der Waals surface area contributed by atoms with Crippen LogP contribution in [0.25, 0.3) is 16.7 Å². The number of thiol groups is 1. The molecule has 0 unspecified atom stereocenters. The highest BCUT2D eigenvalue weighted by molar-refractivity contribution is 7.84. The maximum absolute atomic E-state index is 10.8. The van der Waals surface area contributed by atoms with Crippen LogP contribution in [0, 0.1) is 0 Å². The van der Waals surface area contributed by atoms with Gasteiger partial charge < -0.3 is 5.11 Å². The Morgan fingerprint density at radius 3 is 1.75 bits per heavy atom. The van der Waals surface area contributed by atoms with Crippen LogP contribution in [0.2, 0.25) is 0 Å². The number of hydrogen-bond donors (Lipinski definition) is 2. The fourth-order valence-corrected chi connectivity index (χ4v) is 3.03. The number of carboxylic acids is 1. The predicted molar refractivity (Wildman–Crippen MR) is 83.8 cm³/mol. The van der Waals surface area contributed by atoms with E-state index in [0.717, 1.165) is 21.6 Å². The molecule has 2 aromatic rings. The van der Waals surface area contributed by atoms with Crippen LogP contribution in [0.5, 0.6) is 0 Å². The zero-order valence-electron chi connectivity index (χ0n) is 10.8. The molecule has 0 atom stereocenters. The molecule has 2 nitrogen and oxygen atoms in total. The van der Waals surface area contributed by atoms with E-state index in [9.17, 15) is 4.79 Å². The van der Waals surface area contributed by atoms with Crippen molar-refractivity contribution in [1.29, 1.82) is 0 Å². The van der Waals surface area contributed by atoms with Crippen molar-refractivity contribution < 1.29 is 9.90 Å². The van der Waals surface area contributed by atoms with Crippen LogP contribution in [0.1, 0.15) is 24.0 Å². The van der Waals surface area contributed by atoms with Crippen molar-refractivity contribution in [3.8, 4) is 11.1 Å². The van der Waals surface area contributed by atoms with Gasteiger partial charge in [0, 0.05) is 6.42 Å². The van der Waals surface area contributed by atoms with Gasteiger partial charge in [-0.25, -0.2) is 0 Å². The lowest BCUT2D eigenvalue weighted by atomic mass is 10.0. The Morgan fingerprint density at radius 2 is 1.30 bits per heavy atom. The van der Waals surface area contributed by atoms with Crippen LogP contribution in [-0.4, -0.2) is 11.1 Å². The van der Waals surface area contributed by atoms with Gasteiger partial charge in [0.1, 0.15) is 0 Å². The Balaban J connectivity index is 2.16. The average Bonchev–Trinajstić information content (AvgIpc) is 2.79. The quantitative estimate of drug-likeness (QED) is 0.706. The third kappa shape index (κ3) is 2.14. The van der Waals surface area contributed by atoms with Gasteiger partial charge in [-0.15, -0.1) is 12.6 Å². The molecule has 0 aromatic heterocycles. The number of carbonyl (C=O) groups is 1. The maximum atomic E-state index is 10.8. The molecule has 0 radical (unpaired) electrons. The van der Waals surface area contributed by atoms with Crippen LogP contribution in [0.4, 0.5) is 0 Å². The summed E-state index contributed by atoms with van der Waals surface area (Å²) in [5.41, 5.74) is 5.74. The molecule has 3 heteroatoms. The summed E-state index contributed by atoms with van der Waals surface area (Å²) in [7, 11) is 0. The summed E-state index contributed by atoms with van der Waals surface area (Å²) >= 11 is 4.57. The largest absolute Gasteiger partial charge is 0.481 e. The van der Waals surface area contributed by atoms with E-state index in [1.54, 1.807) is 0 Å². The van der Waals surface area contributed by atoms with Crippen molar-refractivity contribution in [3.63, 3.8) is 0 Å². The highest BCUT2D eigenvalue weighted by Crippen LogP contribution is 2.46. The average molecular weight is 282 g/mol. The molecule has 1 aliphatic rings. The number of rotatable bonds is 3. The van der Waals surface area contributed by atoms with Crippen molar-refractivity contribution in [3.05, 3.63) is 64.6 Å². The monoisotopic (exact) mass is 282 g/mol. The molecule has 20 heavy (non-hydrogen) atoms. The highest BCUT2D eigenvalue weighted by atomic mass is 32.1. The standard InChI is InChI=1S/C17H14O2S/c18-16(19)10-9-15(20)17-13-7-3-1-5-11(13)12-6-2-4-8-14(12)17/h1-8,20H,9-10H2,(H,18,19). The molecule has 0 aliphatic heterocycles. The molecule has 0 amide bonds. The van der Waals surface area contributed by atoms with E-state index >= 15 is 0 Å². The minimum atomic E-state index is -0.795. The second-order valence-corrected chi connectivity index (χ2v) is 5.35. The molecule has 0 spiro atoms. The first kappa shape index (κ1) is 13.0. The van der Waals surface area contributed by atoms with E-state index in [-0.39, 0.29) is 6.42 Å². The predicted octanol–water partition coefficient (Wildman–Crippen LogP) is 4.22. The van der Waals surface area contributed by atoms with E-state index < -0.39 is 5.97 Å². The first-order chi connectivity index (χ1) is 9.68. The summed E-state index contributed by atoms with van der Waals surface area (Å²) in [6, 6.07) is 16.4. The summed E-state index contributed by atoms with van der Waals surface area (Å²) < 4.78 is 0. The summed E-state index contributed by atoms with van der Waals surface area (Å²) in [6.07, 6.45) is 0.559. The van der Waals surface area contributed by atoms with Crippen LogP contribution in [0.3, 0.4) is 0 Å². The summed E-state index contributed by atoms with van der Waals surface area (Å²) in [5.74, 6) is -0.795. The second kappa shape index (κ2) is 5.17. The smallest absolute Gasteiger partial charge is 0.303 e. The van der Waals surface area contributed by atoms with E-state index in [1.165, 1.54) is 11.1 Å². The minimum absolute atomic E-state index is 0.104. The lowest BCUT2D eigenvalue weighted by molar-refractivity contribution is -0.136. The van der Waals surface area contributed by atoms with Crippen LogP contribution < -0.4 is 0 Å². The summed E-state index contributed by atoms with van der Waals surface area (Å²) in [4.78, 5) is 11.6. The third-order valence-electron chi connectivity index (χ3n) is 3.55. The Hall–Kier alpha value is -2.00. The number of hydrogen-bond acceptors (Lipinski definition) is 2. The number of aliphatic carboxylic acids is 1. The summed E-state index contributed by atoms with van der Waals surface area (Å²) in [6.45, 7) is 0. The second-order valence-electron chi connectivity index (χ2n) is 4.81. The molecule has 2 aromatic carbocycles. The summed E-state index contributed by atoms with van der Waals surface area (Å²) in [5, 5.41) is 8.84. The number of allylic oxidation sites excluding steroid dienone is 1. The Bertz CT molecular complexity index is 669. The Kier molecular flexibility index (Phi) is 3.36. The number of fused-ring (bicyclic) bond motifs is 3. The fourth-order valence-electron chi connectivity index (χ4n) is 2.68. The van der Waals surface area contributed by atoms with Crippen LogP contribution in [-0.2, 0) is 4.79 Å². The fraction of sp³-hybridized carbons (Fsp3) is 0.118. The molecular formula is C17H14O2S. The van der Waals surface area contributed by atoms with Gasteiger partial charge in [-0.1, -0.05) is 48.5 Å². The van der Waals surface area contributed by atoms with Gasteiger partial charge in [-0.05, 0) is 39.2 Å². The molecule has 3 rings (SSSR count). The minimum Gasteiger partial charge on any atom is -0.481 e. The van der Waals surface area contributed by atoms with E-state index in [1.807, 2.05) is 24.3 Å². The van der Waals surface area contributed by atoms with Gasteiger partial charge in [0.15, 0.2) is 0 Å². The van der Waals surface area contributed by atoms with Gasteiger partial charge in [0.25, 0.3) is 0 Å². The van der Waals surface area contributed by atoms with Crippen LogP contribution in [0.15, 0.2) is 53.4 Å². The molecule has 0 saturated carbocycles. The highest BCUT2D eigenvalue weighted by Gasteiger charge is 2.24. The van der Waals surface area contributed by atoms with Crippen molar-refractivity contribution in [2.75, 3.05) is 0 Å². The zero-order valence-corrected chi connectivity index (χ0v) is 11.7. The SMILES string of the molecule is O=C(O)CCC(S)=C1c2ccccc2-c2ccccc21. The van der Waals surface area contributed by atoms with Crippen molar-refractivity contribution in [1.82, 2.24) is 0 Å². The number of benzene rings is 2. The molecule has 0 saturated heterocycles. The number of carboxylic acid groups (broad SMARTS) is 1. The van der Waals surface area contributed by atoms with Gasteiger partial charge in [0.05, 0.1) is 0 Å². The molecule has 1 N–H and O–H groups in total. The lowest BCUT2D eigenvalue weighted by Crippen LogP contribution is -1.95. The topological polar surface area (TPSA) is 37.3 Å². The third-order valence-corrected chi connectivity index (χ3v) is 3.99. The van der Waals surface area contributed by atoms with E-state index in [2.05, 4.69) is 36.9 Å². The Labute approximate surface area is 123 Å². The molecule has 1 aliphatic carbocycles. The van der Waals surface area contributed by atoms with Crippen LogP contribution >= 0.6 is 12.6 Å². The normalized spacial score (nSPS) is 11.9. The molecule has 0 fully saturated rings. The van der Waals surface area contributed by atoms with Crippen molar-refractivity contribution in [2.45, 2.75) is 12.8 Å². The van der Waals surface area contributed by atoms with Gasteiger partial charge in [0.2, 0.25) is 0 Å². The van der Waals surface area contributed by atoms with Gasteiger partial charge >= 0.3 is 5.97 Å². The molecule has 0 bridgehead atoms. The van der Waals surface area contributed by atoms with E-state index in [0.29, 0.717) is 6.42 Å². The van der Waals surface area contributed by atoms with Gasteiger partial charge in [-0.2, -0.15) is 0 Å². The van der Waals surface area contributed by atoms with Crippen molar-refractivity contribution in [2.24, 2.45) is 0 Å². The lowest BCUT2D eigenvalue weighted by Gasteiger charge is -2.07. The maximum Gasteiger partial charge on any atom is 0.303 e. The van der Waals surface area contributed by atoms with Crippen molar-refractivity contribution >= 4 is 24.2 Å². The van der Waals surface area contributed by atoms with E-state index in [4.69, 9.17) is 5.11 Å². The molecule has 100 valence electrons. The molecule has 0 heterocycles. The Morgan fingerprint density at radius 1 is 0.850 bits per heavy atom. The zero-order chi connectivity index (χ0) is 14.1. The first-order valence-electron chi connectivity index (χ1n) is 6.51. The first-order valence-corrected chi connectivity index (χ1v) is 6.96. The van der Waals surface area contributed by atoms with Gasteiger partial charge in [-0.3, -0.25) is 4.79 Å². The molecular weight excluding hydrogens is 268 g/mol.